The van der Waals surface area contributed by atoms with E-state index < -0.39 is 5.97 Å². The maximum Gasteiger partial charge on any atom is 0.343 e. The Hall–Kier alpha value is -2.55. The van der Waals surface area contributed by atoms with E-state index in [0.29, 0.717) is 11.1 Å². The SMILES string of the molecule is C=C([O-])c1ccccc1OC(=O)c1ccccc1. The van der Waals surface area contributed by atoms with Gasteiger partial charge >= 0.3 is 5.97 Å². The van der Waals surface area contributed by atoms with Gasteiger partial charge < -0.3 is 9.84 Å². The van der Waals surface area contributed by atoms with Crippen LogP contribution in [0.3, 0.4) is 0 Å². The molecular weight excluding hydrogens is 228 g/mol. The van der Waals surface area contributed by atoms with Gasteiger partial charge in [-0.25, -0.2) is 4.79 Å². The summed E-state index contributed by atoms with van der Waals surface area (Å²) in [6.45, 7) is 3.32. The number of carbonyl (C=O) groups is 1. The van der Waals surface area contributed by atoms with E-state index in [1.807, 2.05) is 6.07 Å². The average molecular weight is 239 g/mol. The summed E-state index contributed by atoms with van der Waals surface area (Å²) in [5.74, 6) is -0.651. The van der Waals surface area contributed by atoms with Crippen molar-refractivity contribution in [3.05, 3.63) is 72.3 Å². The van der Waals surface area contributed by atoms with E-state index in [0.717, 1.165) is 0 Å². The fraction of sp³-hybridized carbons (Fsp3) is 0. The minimum Gasteiger partial charge on any atom is -0.872 e. The molecule has 0 saturated heterocycles. The molecule has 0 atom stereocenters. The molecule has 0 aliphatic rings. The maximum atomic E-state index is 11.8. The second-order valence-corrected chi connectivity index (χ2v) is 3.67. The van der Waals surface area contributed by atoms with Crippen molar-refractivity contribution in [1.29, 1.82) is 0 Å². The van der Waals surface area contributed by atoms with Crippen LogP contribution in [0.2, 0.25) is 0 Å². The van der Waals surface area contributed by atoms with Crippen molar-refractivity contribution in [3.63, 3.8) is 0 Å². The van der Waals surface area contributed by atoms with Crippen molar-refractivity contribution in [3.8, 4) is 5.75 Å². The highest BCUT2D eigenvalue weighted by molar-refractivity contribution is 5.91. The summed E-state index contributed by atoms with van der Waals surface area (Å²) in [5.41, 5.74) is 0.727. The summed E-state index contributed by atoms with van der Waals surface area (Å²) in [5, 5.41) is 11.3. The Morgan fingerprint density at radius 3 is 2.28 bits per heavy atom. The molecule has 2 aromatic carbocycles. The van der Waals surface area contributed by atoms with Crippen LogP contribution in [-0.2, 0) is 0 Å². The third-order valence-corrected chi connectivity index (χ3v) is 2.40. The first-order chi connectivity index (χ1) is 8.68. The summed E-state index contributed by atoms with van der Waals surface area (Å²) in [6, 6.07) is 15.1. The molecule has 3 heteroatoms. The zero-order valence-electron chi connectivity index (χ0n) is 9.63. The van der Waals surface area contributed by atoms with Crippen LogP contribution < -0.4 is 9.84 Å². The van der Waals surface area contributed by atoms with Crippen molar-refractivity contribution in [2.45, 2.75) is 0 Å². The second-order valence-electron chi connectivity index (χ2n) is 3.67. The zero-order valence-corrected chi connectivity index (χ0v) is 9.63. The molecule has 0 bridgehead atoms. The zero-order chi connectivity index (χ0) is 13.0. The first kappa shape index (κ1) is 11.9. The largest absolute Gasteiger partial charge is 0.872 e. The normalized spacial score (nSPS) is 9.78. The van der Waals surface area contributed by atoms with E-state index in [4.69, 9.17) is 4.74 Å². The van der Waals surface area contributed by atoms with Crippen LogP contribution in [0.1, 0.15) is 15.9 Å². The summed E-state index contributed by atoms with van der Waals surface area (Å²) >= 11 is 0. The Bertz CT molecular complexity index is 573. The highest BCUT2D eigenvalue weighted by Crippen LogP contribution is 2.22. The molecule has 2 rings (SSSR count). The van der Waals surface area contributed by atoms with E-state index in [2.05, 4.69) is 6.58 Å². The van der Waals surface area contributed by atoms with E-state index in [1.165, 1.54) is 0 Å². The summed E-state index contributed by atoms with van der Waals surface area (Å²) in [6.07, 6.45) is 0. The van der Waals surface area contributed by atoms with Crippen LogP contribution in [0.25, 0.3) is 5.76 Å². The molecule has 0 N–H and O–H groups in total. The Morgan fingerprint density at radius 1 is 1.00 bits per heavy atom. The molecule has 0 amide bonds. The molecule has 0 unspecified atom stereocenters. The molecule has 90 valence electrons. The third-order valence-electron chi connectivity index (χ3n) is 2.40. The predicted octanol–water partition coefficient (Wildman–Crippen LogP) is 2.24. The lowest BCUT2D eigenvalue weighted by Crippen LogP contribution is -2.11. The summed E-state index contributed by atoms with van der Waals surface area (Å²) in [7, 11) is 0. The molecule has 2 aromatic rings. The van der Waals surface area contributed by atoms with Gasteiger partial charge in [-0.05, 0) is 18.2 Å². The van der Waals surface area contributed by atoms with Gasteiger partial charge in [0, 0.05) is 5.56 Å². The van der Waals surface area contributed by atoms with Gasteiger partial charge in [0.05, 0.1) is 5.56 Å². The summed E-state index contributed by atoms with van der Waals surface area (Å²) in [4.78, 5) is 11.8. The van der Waals surface area contributed by atoms with Crippen LogP contribution in [0.15, 0.2) is 61.2 Å². The number of hydrogen-bond donors (Lipinski definition) is 0. The molecule has 0 aromatic heterocycles. The average Bonchev–Trinajstić information content (AvgIpc) is 2.40. The fourth-order valence-electron chi connectivity index (χ4n) is 1.52. The number of carbonyl (C=O) groups excluding carboxylic acids is 1. The highest BCUT2D eigenvalue weighted by Gasteiger charge is 2.09. The lowest BCUT2D eigenvalue weighted by Gasteiger charge is -2.14. The van der Waals surface area contributed by atoms with Crippen LogP contribution in [0, 0.1) is 0 Å². The van der Waals surface area contributed by atoms with Crippen LogP contribution >= 0.6 is 0 Å². The van der Waals surface area contributed by atoms with E-state index in [-0.39, 0.29) is 11.5 Å². The molecule has 0 fully saturated rings. The molecule has 3 nitrogen and oxygen atoms in total. The van der Waals surface area contributed by atoms with Crippen LogP contribution in [0.4, 0.5) is 0 Å². The molecular formula is C15H11O3-. The van der Waals surface area contributed by atoms with Crippen molar-refractivity contribution < 1.29 is 14.6 Å². The second kappa shape index (κ2) is 5.19. The quantitative estimate of drug-likeness (QED) is 0.469. The standard InChI is InChI=1S/C15H12O3/c1-11(16)13-9-5-6-10-14(13)18-15(17)12-7-3-2-4-8-12/h2-10,16H,1H2/p-1. The first-order valence-corrected chi connectivity index (χ1v) is 5.41. The first-order valence-electron chi connectivity index (χ1n) is 5.41. The van der Waals surface area contributed by atoms with E-state index >= 15 is 0 Å². The number of benzene rings is 2. The van der Waals surface area contributed by atoms with Crippen molar-refractivity contribution >= 4 is 11.7 Å². The monoisotopic (exact) mass is 239 g/mol. The van der Waals surface area contributed by atoms with Gasteiger partial charge in [0.25, 0.3) is 0 Å². The molecule has 0 radical (unpaired) electrons. The fourth-order valence-corrected chi connectivity index (χ4v) is 1.52. The maximum absolute atomic E-state index is 11.8. The third kappa shape index (κ3) is 2.58. The number of hydrogen-bond acceptors (Lipinski definition) is 3. The topological polar surface area (TPSA) is 49.4 Å². The molecule has 18 heavy (non-hydrogen) atoms. The smallest absolute Gasteiger partial charge is 0.343 e. The van der Waals surface area contributed by atoms with Gasteiger partial charge in [0.1, 0.15) is 5.75 Å². The Balaban J connectivity index is 2.25. The highest BCUT2D eigenvalue weighted by atomic mass is 16.5. The van der Waals surface area contributed by atoms with Gasteiger partial charge in [0.15, 0.2) is 0 Å². The van der Waals surface area contributed by atoms with Crippen molar-refractivity contribution in [1.82, 2.24) is 0 Å². The molecule has 0 aliphatic carbocycles. The van der Waals surface area contributed by atoms with E-state index in [1.54, 1.807) is 48.5 Å². The Kier molecular flexibility index (Phi) is 3.44. The Morgan fingerprint density at radius 2 is 1.61 bits per heavy atom. The van der Waals surface area contributed by atoms with Gasteiger partial charge in [-0.2, -0.15) is 0 Å². The van der Waals surface area contributed by atoms with Crippen molar-refractivity contribution in [2.75, 3.05) is 0 Å². The Labute approximate surface area is 105 Å². The van der Waals surface area contributed by atoms with Crippen LogP contribution in [-0.4, -0.2) is 5.97 Å². The minimum atomic E-state index is -0.496. The summed E-state index contributed by atoms with van der Waals surface area (Å²) < 4.78 is 5.19. The minimum absolute atomic E-state index is 0.228. The molecule has 0 spiro atoms. The molecule has 0 saturated carbocycles. The molecule has 0 heterocycles. The van der Waals surface area contributed by atoms with Crippen LogP contribution in [0.5, 0.6) is 5.75 Å². The predicted molar refractivity (Wildman–Crippen MR) is 66.9 cm³/mol. The van der Waals surface area contributed by atoms with Gasteiger partial charge in [-0.1, -0.05) is 36.4 Å². The van der Waals surface area contributed by atoms with Crippen molar-refractivity contribution in [2.24, 2.45) is 0 Å². The van der Waals surface area contributed by atoms with Gasteiger partial charge in [-0.15, -0.1) is 12.3 Å². The van der Waals surface area contributed by atoms with E-state index in [9.17, 15) is 9.90 Å². The van der Waals surface area contributed by atoms with Gasteiger partial charge in [-0.3, -0.25) is 0 Å². The number of para-hydroxylation sites is 1. The number of rotatable bonds is 3. The number of esters is 1. The lowest BCUT2D eigenvalue weighted by atomic mass is 10.1. The number of ether oxygens (including phenoxy) is 1. The lowest BCUT2D eigenvalue weighted by molar-refractivity contribution is -0.243. The molecule has 0 aliphatic heterocycles. The van der Waals surface area contributed by atoms with Gasteiger partial charge in [0.2, 0.25) is 0 Å².